The van der Waals surface area contributed by atoms with Crippen LogP contribution in [0.5, 0.6) is 0 Å². The molecule has 0 saturated carbocycles. The first kappa shape index (κ1) is 20.7. The summed E-state index contributed by atoms with van der Waals surface area (Å²) < 4.78 is 13.3. The van der Waals surface area contributed by atoms with Crippen molar-refractivity contribution < 1.29 is 9.00 Å². The van der Waals surface area contributed by atoms with Gasteiger partial charge in [-0.2, -0.15) is 0 Å². The van der Waals surface area contributed by atoms with Crippen LogP contribution in [0.1, 0.15) is 15.9 Å². The van der Waals surface area contributed by atoms with Crippen molar-refractivity contribution in [3.8, 4) is 0 Å². The summed E-state index contributed by atoms with van der Waals surface area (Å²) in [5, 5.41) is 5.28. The number of rotatable bonds is 6. The molecular weight excluding hydrogens is 408 g/mol. The van der Waals surface area contributed by atoms with E-state index in [2.05, 4.69) is 33.5 Å². The highest BCUT2D eigenvalue weighted by Crippen LogP contribution is 2.28. The Hall–Kier alpha value is -3.58. The van der Waals surface area contributed by atoms with Crippen LogP contribution < -0.4 is 10.2 Å². The number of amides is 1. The van der Waals surface area contributed by atoms with Gasteiger partial charge in [-0.05, 0) is 52.7 Å². The Bertz CT molecular complexity index is 1260. The van der Waals surface area contributed by atoms with Crippen molar-refractivity contribution >= 4 is 38.9 Å². The minimum Gasteiger partial charge on any atom is -0.377 e. The fourth-order valence-corrected chi connectivity index (χ4v) is 4.63. The maximum Gasteiger partial charge on any atom is 0.258 e. The van der Waals surface area contributed by atoms with Crippen LogP contribution in [0.4, 0.5) is 11.4 Å². The van der Waals surface area contributed by atoms with Crippen molar-refractivity contribution in [3.63, 3.8) is 0 Å². The zero-order valence-electron chi connectivity index (χ0n) is 17.3. The van der Waals surface area contributed by atoms with Gasteiger partial charge in [-0.3, -0.25) is 14.0 Å². The summed E-state index contributed by atoms with van der Waals surface area (Å²) >= 11 is 0. The summed E-state index contributed by atoms with van der Waals surface area (Å²) in [7, 11) is 2.42. The van der Waals surface area contributed by atoms with Crippen LogP contribution in [0.15, 0.2) is 84.3 Å². The first-order valence-corrected chi connectivity index (χ1v) is 11.1. The topological polar surface area (TPSA) is 75.2 Å². The fourth-order valence-electron chi connectivity index (χ4n) is 3.40. The number of nitrogens with zero attached hydrogens (tertiary/aromatic N) is 3. The average molecular weight is 431 g/mol. The molecule has 0 aliphatic heterocycles. The van der Waals surface area contributed by atoms with E-state index in [-0.39, 0.29) is 16.7 Å². The van der Waals surface area contributed by atoms with Gasteiger partial charge in [0.05, 0.1) is 22.1 Å². The third-order valence-electron chi connectivity index (χ3n) is 4.88. The predicted molar refractivity (Wildman–Crippen MR) is 125 cm³/mol. The minimum absolute atomic E-state index is 0.255. The molecule has 156 valence electrons. The molecule has 0 bridgehead atoms. The highest BCUT2D eigenvalue weighted by Gasteiger charge is 2.19. The Labute approximate surface area is 183 Å². The number of pyridine rings is 2. The lowest BCUT2D eigenvalue weighted by Crippen LogP contribution is -2.17. The molecule has 0 radical (unpaired) electrons. The van der Waals surface area contributed by atoms with E-state index in [9.17, 15) is 9.00 Å². The number of benzene rings is 2. The zero-order valence-corrected chi connectivity index (χ0v) is 18.1. The van der Waals surface area contributed by atoms with Crippen LogP contribution in [0.2, 0.25) is 0 Å². The van der Waals surface area contributed by atoms with E-state index in [4.69, 9.17) is 0 Å². The molecule has 0 aliphatic rings. The first-order chi connectivity index (χ1) is 15.0. The first-order valence-electron chi connectivity index (χ1n) is 9.76. The molecule has 1 amide bonds. The zero-order chi connectivity index (χ0) is 21.8. The van der Waals surface area contributed by atoms with Gasteiger partial charge in [0.25, 0.3) is 5.91 Å². The van der Waals surface area contributed by atoms with Gasteiger partial charge < -0.3 is 10.2 Å². The second-order valence-corrected chi connectivity index (χ2v) is 8.62. The lowest BCUT2D eigenvalue weighted by molar-refractivity contribution is 0.102. The molecule has 0 fully saturated rings. The Balaban J connectivity index is 1.65. The highest BCUT2D eigenvalue weighted by molar-refractivity contribution is 7.84. The molecule has 4 aromatic rings. The van der Waals surface area contributed by atoms with Crippen LogP contribution in [-0.4, -0.2) is 34.2 Å². The average Bonchev–Trinajstić information content (AvgIpc) is 2.79. The van der Waals surface area contributed by atoms with Crippen molar-refractivity contribution in [1.29, 1.82) is 0 Å². The maximum absolute atomic E-state index is 13.3. The molecule has 1 unspecified atom stereocenters. The van der Waals surface area contributed by atoms with Gasteiger partial charge in [-0.15, -0.1) is 0 Å². The van der Waals surface area contributed by atoms with Crippen molar-refractivity contribution in [1.82, 2.24) is 9.97 Å². The molecule has 2 aromatic carbocycles. The van der Waals surface area contributed by atoms with Crippen molar-refractivity contribution in [2.45, 2.75) is 10.8 Å². The molecule has 2 aromatic heterocycles. The normalized spacial score (nSPS) is 11.8. The standard InChI is InChI=1S/C24H22N4O2S/c1-28(2)22-15-18-7-4-3-6-17(18)14-19(22)16-31(30)24-21(8-5-11-26-24)23(29)27-20-9-12-25-13-10-20/h3-15H,16H2,1-2H3,(H,25,27,29). The van der Waals surface area contributed by atoms with Crippen molar-refractivity contribution in [2.24, 2.45) is 0 Å². The molecule has 31 heavy (non-hydrogen) atoms. The molecule has 6 nitrogen and oxygen atoms in total. The van der Waals surface area contributed by atoms with E-state index in [1.165, 1.54) is 0 Å². The van der Waals surface area contributed by atoms with E-state index in [0.29, 0.717) is 11.3 Å². The number of nitrogens with one attached hydrogen (secondary N) is 1. The van der Waals surface area contributed by atoms with Gasteiger partial charge in [0.2, 0.25) is 0 Å². The molecule has 1 atom stereocenters. The number of carbonyl (C=O) groups excluding carboxylic acids is 1. The molecule has 0 aliphatic carbocycles. The molecule has 4 rings (SSSR count). The Kier molecular flexibility index (Phi) is 6.04. The van der Waals surface area contributed by atoms with E-state index >= 15 is 0 Å². The van der Waals surface area contributed by atoms with Gasteiger partial charge in [0, 0.05) is 44.1 Å². The number of fused-ring (bicyclic) bond motifs is 1. The molecule has 0 saturated heterocycles. The van der Waals surface area contributed by atoms with Gasteiger partial charge in [0.1, 0.15) is 5.03 Å². The summed E-state index contributed by atoms with van der Waals surface area (Å²) in [5.74, 6) is -0.0979. The highest BCUT2D eigenvalue weighted by atomic mass is 32.2. The molecule has 1 N–H and O–H groups in total. The summed E-state index contributed by atoms with van der Waals surface area (Å²) in [6.07, 6.45) is 4.75. The predicted octanol–water partition coefficient (Wildman–Crippen LogP) is 4.26. The van der Waals surface area contributed by atoms with E-state index in [0.717, 1.165) is 22.0 Å². The Morgan fingerprint density at radius 3 is 2.39 bits per heavy atom. The van der Waals surface area contributed by atoms with Crippen LogP contribution in [-0.2, 0) is 16.6 Å². The second-order valence-electron chi connectivity index (χ2n) is 7.26. The van der Waals surface area contributed by atoms with Gasteiger partial charge in [-0.25, -0.2) is 4.98 Å². The van der Waals surface area contributed by atoms with Crippen molar-refractivity contribution in [3.05, 3.63) is 90.4 Å². The number of hydrogen-bond acceptors (Lipinski definition) is 5. The monoisotopic (exact) mass is 430 g/mol. The maximum atomic E-state index is 13.3. The van der Waals surface area contributed by atoms with Crippen LogP contribution >= 0.6 is 0 Å². The number of carbonyl (C=O) groups is 1. The smallest absolute Gasteiger partial charge is 0.258 e. The third-order valence-corrected chi connectivity index (χ3v) is 6.21. The van der Waals surface area contributed by atoms with E-state index in [1.807, 2.05) is 37.2 Å². The summed E-state index contributed by atoms with van der Waals surface area (Å²) in [4.78, 5) is 23.1. The van der Waals surface area contributed by atoms with Crippen LogP contribution in [0, 0.1) is 0 Å². The summed E-state index contributed by atoms with van der Waals surface area (Å²) in [6.45, 7) is 0. The fraction of sp³-hybridized carbons (Fsp3) is 0.125. The Morgan fingerprint density at radius 2 is 1.68 bits per heavy atom. The van der Waals surface area contributed by atoms with E-state index < -0.39 is 10.8 Å². The Morgan fingerprint density at radius 1 is 0.968 bits per heavy atom. The lowest BCUT2D eigenvalue weighted by Gasteiger charge is -2.19. The van der Waals surface area contributed by atoms with Crippen molar-refractivity contribution in [2.75, 3.05) is 24.3 Å². The SMILES string of the molecule is CN(C)c1cc2ccccc2cc1CS(=O)c1ncccc1C(=O)Nc1ccncc1. The molecule has 7 heteroatoms. The second kappa shape index (κ2) is 9.06. The number of anilines is 2. The van der Waals surface area contributed by atoms with Gasteiger partial charge >= 0.3 is 0 Å². The molecule has 2 heterocycles. The van der Waals surface area contributed by atoms with Gasteiger partial charge in [0.15, 0.2) is 0 Å². The molecule has 0 spiro atoms. The third kappa shape index (κ3) is 4.62. The van der Waals surface area contributed by atoms with Gasteiger partial charge in [-0.1, -0.05) is 24.3 Å². The minimum atomic E-state index is -1.51. The van der Waals surface area contributed by atoms with Crippen LogP contribution in [0.3, 0.4) is 0 Å². The van der Waals surface area contributed by atoms with Crippen LogP contribution in [0.25, 0.3) is 10.8 Å². The summed E-state index contributed by atoms with van der Waals surface area (Å²) in [5.41, 5.74) is 2.84. The largest absolute Gasteiger partial charge is 0.377 e. The number of hydrogen-bond donors (Lipinski definition) is 1. The lowest BCUT2D eigenvalue weighted by atomic mass is 10.1. The van der Waals surface area contributed by atoms with E-state index in [1.54, 1.807) is 42.9 Å². The molecular formula is C24H22N4O2S. The number of aromatic nitrogens is 2. The quantitative estimate of drug-likeness (QED) is 0.495. The summed E-state index contributed by atoms with van der Waals surface area (Å²) in [6, 6.07) is 18.9.